The summed E-state index contributed by atoms with van der Waals surface area (Å²) in [6.45, 7) is 2.41. The number of benzene rings is 1. The summed E-state index contributed by atoms with van der Waals surface area (Å²) in [6.07, 6.45) is 0. The molecular formula is C10H12ClFN2O. The Morgan fingerprint density at radius 1 is 1.67 bits per heavy atom. The van der Waals surface area contributed by atoms with Gasteiger partial charge in [-0.2, -0.15) is 0 Å². The van der Waals surface area contributed by atoms with Crippen LogP contribution >= 0.6 is 11.6 Å². The third-order valence-corrected chi connectivity index (χ3v) is 2.29. The second-order valence-corrected chi connectivity index (χ2v) is 3.47. The minimum absolute atomic E-state index is 0.194. The number of hydrogen-bond donors (Lipinski definition) is 2. The molecule has 0 heterocycles. The predicted molar refractivity (Wildman–Crippen MR) is 57.0 cm³/mol. The van der Waals surface area contributed by atoms with Crippen LogP contribution in [0.5, 0.6) is 0 Å². The molecule has 0 saturated heterocycles. The van der Waals surface area contributed by atoms with Gasteiger partial charge in [0.15, 0.2) is 0 Å². The molecule has 0 aliphatic carbocycles. The van der Waals surface area contributed by atoms with Crippen molar-refractivity contribution in [1.82, 2.24) is 5.32 Å². The zero-order valence-corrected chi connectivity index (χ0v) is 9.01. The Balaban J connectivity index is 3.05. The third-order valence-electron chi connectivity index (χ3n) is 1.97. The molecular weight excluding hydrogens is 219 g/mol. The van der Waals surface area contributed by atoms with Gasteiger partial charge in [-0.15, -0.1) is 0 Å². The summed E-state index contributed by atoms with van der Waals surface area (Å²) in [5.41, 5.74) is 5.70. The van der Waals surface area contributed by atoms with Gasteiger partial charge in [-0.1, -0.05) is 24.6 Å². The second-order valence-electron chi connectivity index (χ2n) is 3.06. The van der Waals surface area contributed by atoms with Crippen molar-refractivity contribution in [2.24, 2.45) is 5.73 Å². The average molecular weight is 231 g/mol. The van der Waals surface area contributed by atoms with Crippen molar-refractivity contribution in [2.45, 2.75) is 13.0 Å². The molecule has 3 N–H and O–H groups in total. The van der Waals surface area contributed by atoms with E-state index in [9.17, 15) is 9.18 Å². The fourth-order valence-corrected chi connectivity index (χ4v) is 1.58. The van der Waals surface area contributed by atoms with E-state index < -0.39 is 17.8 Å². The van der Waals surface area contributed by atoms with Crippen LogP contribution in [0.15, 0.2) is 18.2 Å². The van der Waals surface area contributed by atoms with E-state index >= 15 is 0 Å². The number of rotatable bonds is 4. The summed E-state index contributed by atoms with van der Waals surface area (Å²) in [6, 6.07) is 3.18. The van der Waals surface area contributed by atoms with Crippen molar-refractivity contribution in [3.63, 3.8) is 0 Å². The zero-order valence-electron chi connectivity index (χ0n) is 8.26. The Hall–Kier alpha value is -1.13. The van der Waals surface area contributed by atoms with Crippen LogP contribution in [0.2, 0.25) is 5.02 Å². The number of likely N-dealkylation sites (N-methyl/N-ethyl adjacent to an activating group) is 1. The monoisotopic (exact) mass is 230 g/mol. The minimum Gasteiger partial charge on any atom is -0.368 e. The van der Waals surface area contributed by atoms with E-state index in [0.717, 1.165) is 6.07 Å². The van der Waals surface area contributed by atoms with Crippen LogP contribution in [0.25, 0.3) is 0 Å². The lowest BCUT2D eigenvalue weighted by Gasteiger charge is -2.15. The van der Waals surface area contributed by atoms with Gasteiger partial charge in [0.1, 0.15) is 11.9 Å². The molecule has 1 atom stereocenters. The number of carbonyl (C=O) groups excluding carboxylic acids is 1. The van der Waals surface area contributed by atoms with Gasteiger partial charge in [-0.25, -0.2) is 4.39 Å². The summed E-state index contributed by atoms with van der Waals surface area (Å²) in [5.74, 6) is -0.978. The van der Waals surface area contributed by atoms with E-state index in [0.29, 0.717) is 12.1 Å². The van der Waals surface area contributed by atoms with E-state index in [2.05, 4.69) is 5.32 Å². The third kappa shape index (κ3) is 2.91. The molecule has 0 saturated carbocycles. The second kappa shape index (κ2) is 5.09. The lowest BCUT2D eigenvalue weighted by molar-refractivity contribution is -0.120. The first-order chi connectivity index (χ1) is 7.06. The summed E-state index contributed by atoms with van der Waals surface area (Å²) >= 11 is 5.82. The van der Waals surface area contributed by atoms with Crippen LogP contribution in [0.4, 0.5) is 4.39 Å². The Kier molecular flexibility index (Phi) is 4.05. The maximum absolute atomic E-state index is 12.8. The number of nitrogens with one attached hydrogen (secondary N) is 1. The fourth-order valence-electron chi connectivity index (χ4n) is 1.30. The fraction of sp³-hybridized carbons (Fsp3) is 0.300. The number of amides is 1. The van der Waals surface area contributed by atoms with Crippen molar-refractivity contribution >= 4 is 17.5 Å². The minimum atomic E-state index is -0.678. The van der Waals surface area contributed by atoms with Gasteiger partial charge in [-0.3, -0.25) is 4.79 Å². The Bertz CT molecular complexity index is 370. The molecule has 0 spiro atoms. The number of carbonyl (C=O) groups is 1. The summed E-state index contributed by atoms with van der Waals surface area (Å²) in [7, 11) is 0. The molecule has 3 nitrogen and oxygen atoms in total. The van der Waals surface area contributed by atoms with Crippen LogP contribution in [0.1, 0.15) is 18.5 Å². The smallest absolute Gasteiger partial charge is 0.239 e. The quantitative estimate of drug-likeness (QED) is 0.826. The SMILES string of the molecule is CCNC(C(N)=O)c1ccc(F)cc1Cl. The number of halogens is 2. The molecule has 1 aromatic rings. The first kappa shape index (κ1) is 11.9. The van der Waals surface area contributed by atoms with E-state index in [1.54, 1.807) is 0 Å². The molecule has 5 heteroatoms. The summed E-state index contributed by atoms with van der Waals surface area (Å²) in [5, 5.41) is 3.07. The van der Waals surface area contributed by atoms with Gasteiger partial charge < -0.3 is 11.1 Å². The molecule has 0 radical (unpaired) electrons. The van der Waals surface area contributed by atoms with Crippen LogP contribution in [0, 0.1) is 5.82 Å². The van der Waals surface area contributed by atoms with E-state index in [-0.39, 0.29) is 5.02 Å². The molecule has 0 aliphatic rings. The summed E-state index contributed by atoms with van der Waals surface area (Å²) < 4.78 is 12.8. The van der Waals surface area contributed by atoms with Crippen molar-refractivity contribution in [3.05, 3.63) is 34.6 Å². The molecule has 1 unspecified atom stereocenters. The highest BCUT2D eigenvalue weighted by molar-refractivity contribution is 6.31. The lowest BCUT2D eigenvalue weighted by atomic mass is 10.1. The van der Waals surface area contributed by atoms with E-state index in [1.165, 1.54) is 12.1 Å². The van der Waals surface area contributed by atoms with Crippen LogP contribution < -0.4 is 11.1 Å². The van der Waals surface area contributed by atoms with Gasteiger partial charge in [-0.05, 0) is 24.2 Å². The van der Waals surface area contributed by atoms with Gasteiger partial charge in [0.2, 0.25) is 5.91 Å². The zero-order chi connectivity index (χ0) is 11.4. The first-order valence-electron chi connectivity index (χ1n) is 4.54. The maximum atomic E-state index is 12.8. The molecule has 1 rings (SSSR count). The number of hydrogen-bond acceptors (Lipinski definition) is 2. The molecule has 1 aromatic carbocycles. The normalized spacial score (nSPS) is 12.5. The van der Waals surface area contributed by atoms with Crippen LogP contribution in [-0.4, -0.2) is 12.5 Å². The van der Waals surface area contributed by atoms with E-state index in [1.807, 2.05) is 6.92 Å². The lowest BCUT2D eigenvalue weighted by Crippen LogP contribution is -2.33. The molecule has 0 aromatic heterocycles. The van der Waals surface area contributed by atoms with Gasteiger partial charge in [0.05, 0.1) is 0 Å². The number of nitrogens with two attached hydrogens (primary N) is 1. The molecule has 82 valence electrons. The number of primary amides is 1. The highest BCUT2D eigenvalue weighted by Gasteiger charge is 2.19. The van der Waals surface area contributed by atoms with Crippen molar-refractivity contribution in [3.8, 4) is 0 Å². The molecule has 0 aliphatic heterocycles. The van der Waals surface area contributed by atoms with Crippen LogP contribution in [-0.2, 0) is 4.79 Å². The highest BCUT2D eigenvalue weighted by Crippen LogP contribution is 2.23. The van der Waals surface area contributed by atoms with Crippen molar-refractivity contribution < 1.29 is 9.18 Å². The molecule has 1 amide bonds. The van der Waals surface area contributed by atoms with Gasteiger partial charge in [0, 0.05) is 5.02 Å². The van der Waals surface area contributed by atoms with Gasteiger partial charge >= 0.3 is 0 Å². The van der Waals surface area contributed by atoms with E-state index in [4.69, 9.17) is 17.3 Å². The summed E-state index contributed by atoms with van der Waals surface area (Å²) in [4.78, 5) is 11.1. The predicted octanol–water partition coefficient (Wildman–Crippen LogP) is 1.61. The Morgan fingerprint density at radius 2 is 2.33 bits per heavy atom. The topological polar surface area (TPSA) is 55.1 Å². The standard InChI is InChI=1S/C10H12ClFN2O/c1-2-14-9(10(13)15)7-4-3-6(12)5-8(7)11/h3-5,9,14H,2H2,1H3,(H2,13,15). The largest absolute Gasteiger partial charge is 0.368 e. The molecule has 0 fully saturated rings. The Morgan fingerprint density at radius 3 is 2.80 bits per heavy atom. The van der Waals surface area contributed by atoms with Crippen LogP contribution in [0.3, 0.4) is 0 Å². The average Bonchev–Trinajstić information content (AvgIpc) is 2.15. The highest BCUT2D eigenvalue weighted by atomic mass is 35.5. The Labute approximate surface area is 92.4 Å². The maximum Gasteiger partial charge on any atom is 0.239 e. The van der Waals surface area contributed by atoms with Crippen molar-refractivity contribution in [1.29, 1.82) is 0 Å². The molecule has 0 bridgehead atoms. The van der Waals surface area contributed by atoms with Crippen molar-refractivity contribution in [2.75, 3.05) is 6.54 Å². The van der Waals surface area contributed by atoms with Gasteiger partial charge in [0.25, 0.3) is 0 Å². The first-order valence-corrected chi connectivity index (χ1v) is 4.91. The molecule has 15 heavy (non-hydrogen) atoms.